The Bertz CT molecular complexity index is 839. The third-order valence-corrected chi connectivity index (χ3v) is 5.93. The predicted molar refractivity (Wildman–Crippen MR) is 95.5 cm³/mol. The second kappa shape index (κ2) is 5.78. The first-order valence-electron chi connectivity index (χ1n) is 8.85. The molecule has 0 spiro atoms. The SMILES string of the molecule is O=C(NC1CN2CCC1CC2)c1cc(Cl)cc2c1OCc1cccn1-2. The molecule has 1 aromatic heterocycles. The van der Waals surface area contributed by atoms with Gasteiger partial charge in [0.15, 0.2) is 5.75 Å². The van der Waals surface area contributed by atoms with Crippen molar-refractivity contribution in [2.24, 2.45) is 5.92 Å². The molecule has 3 fully saturated rings. The summed E-state index contributed by atoms with van der Waals surface area (Å²) in [4.78, 5) is 15.4. The number of fused-ring (bicyclic) bond motifs is 6. The number of rotatable bonds is 2. The zero-order chi connectivity index (χ0) is 17.0. The first-order valence-corrected chi connectivity index (χ1v) is 9.23. The quantitative estimate of drug-likeness (QED) is 0.899. The number of halogens is 1. The molecule has 0 aliphatic carbocycles. The average Bonchev–Trinajstić information content (AvgIpc) is 3.11. The van der Waals surface area contributed by atoms with E-state index in [4.69, 9.17) is 16.3 Å². The molecule has 2 bridgehead atoms. The lowest BCUT2D eigenvalue weighted by atomic mass is 9.84. The molecule has 1 N–H and O–H groups in total. The molecule has 3 saturated heterocycles. The Morgan fingerprint density at radius 1 is 1.28 bits per heavy atom. The van der Waals surface area contributed by atoms with E-state index in [1.807, 2.05) is 29.0 Å². The molecule has 130 valence electrons. The molecular weight excluding hydrogens is 338 g/mol. The molecular formula is C19H20ClN3O2. The minimum absolute atomic E-state index is 0.0897. The smallest absolute Gasteiger partial charge is 0.255 e. The van der Waals surface area contributed by atoms with Gasteiger partial charge < -0.3 is 19.5 Å². The predicted octanol–water partition coefficient (Wildman–Crippen LogP) is 2.85. The zero-order valence-corrected chi connectivity index (χ0v) is 14.6. The van der Waals surface area contributed by atoms with E-state index in [1.165, 1.54) is 12.8 Å². The van der Waals surface area contributed by atoms with Crippen molar-refractivity contribution >= 4 is 17.5 Å². The monoisotopic (exact) mass is 357 g/mol. The highest BCUT2D eigenvalue weighted by atomic mass is 35.5. The van der Waals surface area contributed by atoms with Crippen molar-refractivity contribution in [2.75, 3.05) is 19.6 Å². The van der Waals surface area contributed by atoms with Gasteiger partial charge in [-0.05, 0) is 56.1 Å². The van der Waals surface area contributed by atoms with Gasteiger partial charge in [0.25, 0.3) is 5.91 Å². The van der Waals surface area contributed by atoms with Crippen LogP contribution in [-0.2, 0) is 6.61 Å². The van der Waals surface area contributed by atoms with E-state index >= 15 is 0 Å². The number of hydrogen-bond donors (Lipinski definition) is 1. The summed E-state index contributed by atoms with van der Waals surface area (Å²) >= 11 is 6.31. The molecule has 5 heterocycles. The van der Waals surface area contributed by atoms with E-state index in [1.54, 1.807) is 6.07 Å². The van der Waals surface area contributed by atoms with Crippen LogP contribution in [0.5, 0.6) is 5.75 Å². The molecule has 6 rings (SSSR count). The maximum atomic E-state index is 13.0. The summed E-state index contributed by atoms with van der Waals surface area (Å²) in [6.45, 7) is 3.72. The number of amides is 1. The van der Waals surface area contributed by atoms with Gasteiger partial charge in [-0.2, -0.15) is 0 Å². The van der Waals surface area contributed by atoms with Crippen LogP contribution in [0.25, 0.3) is 5.69 Å². The number of aromatic nitrogens is 1. The fourth-order valence-electron chi connectivity index (χ4n) is 4.37. The van der Waals surface area contributed by atoms with Crippen LogP contribution in [0, 0.1) is 5.92 Å². The Balaban J connectivity index is 1.47. The minimum atomic E-state index is -0.0897. The Kier molecular flexibility index (Phi) is 3.54. The molecule has 1 unspecified atom stereocenters. The molecule has 6 heteroatoms. The summed E-state index contributed by atoms with van der Waals surface area (Å²) < 4.78 is 7.95. The Labute approximate surface area is 151 Å². The van der Waals surface area contributed by atoms with Gasteiger partial charge in [-0.15, -0.1) is 0 Å². The summed E-state index contributed by atoms with van der Waals surface area (Å²) in [5.74, 6) is 1.11. The molecule has 0 radical (unpaired) electrons. The van der Waals surface area contributed by atoms with Crippen molar-refractivity contribution in [3.8, 4) is 11.4 Å². The van der Waals surface area contributed by atoms with Gasteiger partial charge in [0.2, 0.25) is 0 Å². The fraction of sp³-hybridized carbons (Fsp3) is 0.421. The molecule has 4 aliphatic rings. The Hall–Kier alpha value is -1.98. The zero-order valence-electron chi connectivity index (χ0n) is 13.9. The van der Waals surface area contributed by atoms with Crippen molar-refractivity contribution in [1.82, 2.24) is 14.8 Å². The van der Waals surface area contributed by atoms with Crippen molar-refractivity contribution < 1.29 is 9.53 Å². The number of benzene rings is 1. The molecule has 1 amide bonds. The molecule has 25 heavy (non-hydrogen) atoms. The van der Waals surface area contributed by atoms with Crippen molar-refractivity contribution in [3.63, 3.8) is 0 Å². The van der Waals surface area contributed by atoms with E-state index in [9.17, 15) is 4.79 Å². The van der Waals surface area contributed by atoms with Crippen molar-refractivity contribution in [2.45, 2.75) is 25.5 Å². The topological polar surface area (TPSA) is 46.5 Å². The third kappa shape index (κ3) is 2.53. The second-order valence-electron chi connectivity index (χ2n) is 7.18. The number of ether oxygens (including phenoxy) is 1. The highest BCUT2D eigenvalue weighted by Gasteiger charge is 2.35. The number of carbonyl (C=O) groups excluding carboxylic acids is 1. The van der Waals surface area contributed by atoms with Gasteiger partial charge in [0.1, 0.15) is 6.61 Å². The molecule has 1 atom stereocenters. The number of nitrogens with one attached hydrogen (secondary N) is 1. The van der Waals surface area contributed by atoms with E-state index in [0.29, 0.717) is 28.9 Å². The van der Waals surface area contributed by atoms with Crippen LogP contribution in [0.1, 0.15) is 28.9 Å². The van der Waals surface area contributed by atoms with Crippen LogP contribution in [0.2, 0.25) is 5.02 Å². The average molecular weight is 358 g/mol. The molecule has 0 saturated carbocycles. The summed E-state index contributed by atoms with van der Waals surface area (Å²) in [7, 11) is 0. The summed E-state index contributed by atoms with van der Waals surface area (Å²) in [5, 5.41) is 3.78. The number of hydrogen-bond acceptors (Lipinski definition) is 3. The van der Waals surface area contributed by atoms with Crippen LogP contribution in [-0.4, -0.2) is 41.1 Å². The largest absolute Gasteiger partial charge is 0.484 e. The number of piperidine rings is 3. The third-order valence-electron chi connectivity index (χ3n) is 5.71. The van der Waals surface area contributed by atoms with E-state index in [2.05, 4.69) is 10.2 Å². The first kappa shape index (κ1) is 15.3. The maximum Gasteiger partial charge on any atom is 0.255 e. The lowest BCUT2D eigenvalue weighted by Crippen LogP contribution is -2.57. The number of nitrogens with zero attached hydrogens (tertiary/aromatic N) is 2. The highest BCUT2D eigenvalue weighted by molar-refractivity contribution is 6.31. The Morgan fingerprint density at radius 2 is 2.12 bits per heavy atom. The minimum Gasteiger partial charge on any atom is -0.484 e. The normalized spacial score (nSPS) is 26.5. The van der Waals surface area contributed by atoms with Gasteiger partial charge in [0, 0.05) is 23.8 Å². The van der Waals surface area contributed by atoms with Crippen molar-refractivity contribution in [1.29, 1.82) is 0 Å². The lowest BCUT2D eigenvalue weighted by molar-refractivity contribution is 0.0618. The van der Waals surface area contributed by atoms with Crippen LogP contribution in [0.4, 0.5) is 0 Å². The molecule has 1 aromatic carbocycles. The van der Waals surface area contributed by atoms with Crippen LogP contribution < -0.4 is 10.1 Å². The van der Waals surface area contributed by atoms with Crippen molar-refractivity contribution in [3.05, 3.63) is 46.7 Å². The van der Waals surface area contributed by atoms with Gasteiger partial charge in [0.05, 0.1) is 16.9 Å². The maximum absolute atomic E-state index is 13.0. The van der Waals surface area contributed by atoms with Crippen LogP contribution in [0.15, 0.2) is 30.5 Å². The van der Waals surface area contributed by atoms with E-state index in [-0.39, 0.29) is 11.9 Å². The highest BCUT2D eigenvalue weighted by Crippen LogP contribution is 2.36. The van der Waals surface area contributed by atoms with Crippen LogP contribution in [0.3, 0.4) is 0 Å². The number of carbonyl (C=O) groups is 1. The van der Waals surface area contributed by atoms with Gasteiger partial charge in [-0.1, -0.05) is 11.6 Å². The fourth-order valence-corrected chi connectivity index (χ4v) is 4.58. The molecule has 4 aliphatic heterocycles. The lowest BCUT2D eigenvalue weighted by Gasteiger charge is -2.45. The molecule has 5 nitrogen and oxygen atoms in total. The van der Waals surface area contributed by atoms with Gasteiger partial charge in [-0.25, -0.2) is 0 Å². The molecule has 2 aromatic rings. The summed E-state index contributed by atoms with van der Waals surface area (Å²) in [5.41, 5.74) is 2.41. The van der Waals surface area contributed by atoms with E-state index < -0.39 is 0 Å². The summed E-state index contributed by atoms with van der Waals surface area (Å²) in [6, 6.07) is 7.77. The van der Waals surface area contributed by atoms with Gasteiger partial charge in [-0.3, -0.25) is 4.79 Å². The second-order valence-corrected chi connectivity index (χ2v) is 7.61. The Morgan fingerprint density at radius 3 is 2.88 bits per heavy atom. The standard InChI is InChI=1S/C19H20ClN3O2/c20-13-8-15(18-17(9-13)23-5-1-2-14(23)11-25-18)19(24)21-16-10-22-6-3-12(16)4-7-22/h1-2,5,8-9,12,16H,3-4,6-7,10-11H2,(H,21,24). The van der Waals surface area contributed by atoms with Crippen LogP contribution >= 0.6 is 11.6 Å². The summed E-state index contributed by atoms with van der Waals surface area (Å²) in [6.07, 6.45) is 4.31. The van der Waals surface area contributed by atoms with Gasteiger partial charge >= 0.3 is 0 Å². The van der Waals surface area contributed by atoms with E-state index in [0.717, 1.165) is 31.0 Å². The first-order chi connectivity index (χ1) is 12.2.